The van der Waals surface area contributed by atoms with Crippen LogP contribution >= 0.6 is 0 Å². The summed E-state index contributed by atoms with van der Waals surface area (Å²) in [5.74, 6) is -0.812. The monoisotopic (exact) mass is 486 g/mol. The summed E-state index contributed by atoms with van der Waals surface area (Å²) in [4.78, 5) is 17.5. The van der Waals surface area contributed by atoms with Crippen LogP contribution in [0.2, 0.25) is 0 Å². The van der Waals surface area contributed by atoms with E-state index in [1.807, 2.05) is 55.7 Å². The van der Waals surface area contributed by atoms with Gasteiger partial charge in [0.1, 0.15) is 24.1 Å². The van der Waals surface area contributed by atoms with Crippen LogP contribution in [0.25, 0.3) is 11.3 Å². The summed E-state index contributed by atoms with van der Waals surface area (Å²) in [6.45, 7) is 5.74. The Morgan fingerprint density at radius 2 is 1.86 bits per heavy atom. The molecular weight excluding hydrogens is 453 g/mol. The molecule has 3 N–H and O–H groups in total. The molecule has 1 aromatic heterocycles. The second-order valence-electron chi connectivity index (χ2n) is 9.90. The Labute approximate surface area is 204 Å². The van der Waals surface area contributed by atoms with Crippen molar-refractivity contribution in [2.24, 2.45) is 11.1 Å². The van der Waals surface area contributed by atoms with E-state index in [-0.39, 0.29) is 23.6 Å². The number of alkyl halides is 1. The van der Waals surface area contributed by atoms with Crippen molar-refractivity contribution in [3.63, 3.8) is 0 Å². The Morgan fingerprint density at radius 1 is 1.14 bits per heavy atom. The predicted molar refractivity (Wildman–Crippen MR) is 131 cm³/mol. The molecule has 1 amide bonds. The number of nitrogens with one attached hydrogen (secondary N) is 1. The summed E-state index contributed by atoms with van der Waals surface area (Å²) in [7, 11) is 0. The fourth-order valence-corrected chi connectivity index (χ4v) is 3.89. The van der Waals surface area contributed by atoms with E-state index >= 15 is 0 Å². The summed E-state index contributed by atoms with van der Waals surface area (Å²) in [6.07, 6.45) is 2.76. The second kappa shape index (κ2) is 11.5. The van der Waals surface area contributed by atoms with Crippen molar-refractivity contribution in [2.75, 3.05) is 6.67 Å². The lowest BCUT2D eigenvalue weighted by Gasteiger charge is -2.31. The first kappa shape index (κ1) is 26.5. The molecule has 5 nitrogen and oxygen atoms in total. The summed E-state index contributed by atoms with van der Waals surface area (Å²) in [5, 5.41) is 3.06. The van der Waals surface area contributed by atoms with E-state index in [2.05, 4.69) is 5.32 Å². The lowest BCUT2D eigenvalue weighted by Crippen LogP contribution is -2.38. The van der Waals surface area contributed by atoms with Gasteiger partial charge in [-0.2, -0.15) is 0 Å². The number of hydrogen-bond acceptors (Lipinski definition) is 3. The number of nitrogens with two attached hydrogens (primary N) is 1. The van der Waals surface area contributed by atoms with E-state index in [1.165, 1.54) is 0 Å². The highest BCUT2D eigenvalue weighted by atomic mass is 19.1. The Kier molecular flexibility index (Phi) is 8.72. The number of rotatable bonds is 10. The standard InChI is InChI=1S/C27H33F3N4O/c1-27(2,3)25(33-24(35)11-7-10-20(31)15-28)26-32-23(21-14-19(29)12-13-22(21)30)17-34(26)16-18-8-5-4-6-9-18/h4-6,8-9,12-14,17,20,25H,7,10-11,15-16,31H2,1-3H3,(H,33,35)/t20-,25-/m0/s1. The summed E-state index contributed by atoms with van der Waals surface area (Å²) in [6, 6.07) is 11.9. The zero-order valence-corrected chi connectivity index (χ0v) is 20.4. The molecule has 0 aliphatic carbocycles. The molecule has 0 fully saturated rings. The van der Waals surface area contributed by atoms with Gasteiger partial charge < -0.3 is 15.6 Å². The molecule has 8 heteroatoms. The molecule has 0 unspecified atom stereocenters. The van der Waals surface area contributed by atoms with E-state index in [9.17, 15) is 18.0 Å². The molecule has 0 saturated carbocycles. The summed E-state index contributed by atoms with van der Waals surface area (Å²) < 4.78 is 43.0. The van der Waals surface area contributed by atoms with Crippen LogP contribution in [0.15, 0.2) is 54.7 Å². The molecular formula is C27H33F3N4O. The van der Waals surface area contributed by atoms with Gasteiger partial charge >= 0.3 is 0 Å². The zero-order valence-electron chi connectivity index (χ0n) is 20.4. The molecule has 1 heterocycles. The van der Waals surface area contributed by atoms with Crippen molar-refractivity contribution in [2.45, 2.75) is 58.7 Å². The molecule has 0 aliphatic heterocycles. The molecule has 3 rings (SSSR count). The molecule has 0 saturated heterocycles. The minimum absolute atomic E-state index is 0.0530. The largest absolute Gasteiger partial charge is 0.346 e. The van der Waals surface area contributed by atoms with Crippen LogP contribution in [0.1, 0.15) is 57.5 Å². The molecule has 35 heavy (non-hydrogen) atoms. The average molecular weight is 487 g/mol. The first-order valence-electron chi connectivity index (χ1n) is 11.8. The van der Waals surface area contributed by atoms with Crippen molar-refractivity contribution in [3.05, 3.63) is 77.8 Å². The van der Waals surface area contributed by atoms with Crippen molar-refractivity contribution in [1.29, 1.82) is 0 Å². The number of hydrogen-bond donors (Lipinski definition) is 2. The van der Waals surface area contributed by atoms with Crippen molar-refractivity contribution in [3.8, 4) is 11.3 Å². The Morgan fingerprint density at radius 3 is 2.51 bits per heavy atom. The second-order valence-corrected chi connectivity index (χ2v) is 9.90. The number of halogens is 3. The number of nitrogens with zero attached hydrogens (tertiary/aromatic N) is 2. The van der Waals surface area contributed by atoms with Crippen LogP contribution in [0, 0.1) is 17.0 Å². The van der Waals surface area contributed by atoms with Gasteiger partial charge in [0.05, 0.1) is 11.7 Å². The molecule has 0 spiro atoms. The summed E-state index contributed by atoms with van der Waals surface area (Å²) >= 11 is 0. The quantitative estimate of drug-likeness (QED) is 0.395. The minimum atomic E-state index is -0.622. The maximum Gasteiger partial charge on any atom is 0.220 e. The first-order chi connectivity index (χ1) is 16.6. The Balaban J connectivity index is 1.97. The van der Waals surface area contributed by atoms with Gasteiger partial charge in [0.2, 0.25) is 5.91 Å². The third-order valence-corrected chi connectivity index (χ3v) is 5.81. The fraction of sp³-hybridized carbons (Fsp3) is 0.407. The van der Waals surface area contributed by atoms with Gasteiger partial charge in [-0.15, -0.1) is 0 Å². The van der Waals surface area contributed by atoms with E-state index in [4.69, 9.17) is 10.7 Å². The van der Waals surface area contributed by atoms with Gasteiger partial charge in [0.25, 0.3) is 0 Å². The highest BCUT2D eigenvalue weighted by molar-refractivity contribution is 5.76. The number of aromatic nitrogens is 2. The number of imidazole rings is 1. The number of carbonyl (C=O) groups excluding carboxylic acids is 1. The maximum atomic E-state index is 14.6. The van der Waals surface area contributed by atoms with Crippen LogP contribution < -0.4 is 11.1 Å². The van der Waals surface area contributed by atoms with Gasteiger partial charge in [0, 0.05) is 30.8 Å². The summed E-state index contributed by atoms with van der Waals surface area (Å²) in [5.41, 5.74) is 6.51. The number of amides is 1. The van der Waals surface area contributed by atoms with Crippen LogP contribution in [-0.4, -0.2) is 28.2 Å². The highest BCUT2D eigenvalue weighted by Gasteiger charge is 2.32. The van der Waals surface area contributed by atoms with Crippen LogP contribution in [0.3, 0.4) is 0 Å². The Bertz CT molecular complexity index is 1130. The minimum Gasteiger partial charge on any atom is -0.346 e. The highest BCUT2D eigenvalue weighted by Crippen LogP contribution is 2.35. The maximum absolute atomic E-state index is 14.6. The van der Waals surface area contributed by atoms with Gasteiger partial charge in [-0.05, 0) is 42.0 Å². The van der Waals surface area contributed by atoms with E-state index < -0.39 is 35.8 Å². The lowest BCUT2D eigenvalue weighted by molar-refractivity contribution is -0.122. The zero-order chi connectivity index (χ0) is 25.6. The molecule has 0 aliphatic rings. The lowest BCUT2D eigenvalue weighted by atomic mass is 9.86. The van der Waals surface area contributed by atoms with Crippen molar-refractivity contribution >= 4 is 5.91 Å². The number of carbonyl (C=O) groups is 1. The SMILES string of the molecule is CC(C)(C)[C@@H](NC(=O)CCC[C@H](N)CF)c1nc(-c2cc(F)ccc2F)cn1Cc1ccccc1. The van der Waals surface area contributed by atoms with E-state index in [0.717, 1.165) is 23.8 Å². The third-order valence-electron chi connectivity index (χ3n) is 5.81. The van der Waals surface area contributed by atoms with E-state index in [0.29, 0.717) is 25.2 Å². The third kappa shape index (κ3) is 7.18. The predicted octanol–water partition coefficient (Wildman–Crippen LogP) is 5.55. The normalized spacial score (nSPS) is 13.5. The molecule has 0 radical (unpaired) electrons. The van der Waals surface area contributed by atoms with Gasteiger partial charge in [0.15, 0.2) is 0 Å². The molecule has 3 aromatic rings. The van der Waals surface area contributed by atoms with Crippen LogP contribution in [0.5, 0.6) is 0 Å². The smallest absolute Gasteiger partial charge is 0.220 e. The average Bonchev–Trinajstić information content (AvgIpc) is 3.21. The van der Waals surface area contributed by atoms with Gasteiger partial charge in [-0.3, -0.25) is 4.79 Å². The Hall–Kier alpha value is -3.13. The van der Waals surface area contributed by atoms with Crippen LogP contribution in [0.4, 0.5) is 13.2 Å². The topological polar surface area (TPSA) is 72.9 Å². The number of benzene rings is 2. The van der Waals surface area contributed by atoms with Crippen LogP contribution in [-0.2, 0) is 11.3 Å². The molecule has 188 valence electrons. The first-order valence-corrected chi connectivity index (χ1v) is 11.8. The fourth-order valence-electron chi connectivity index (χ4n) is 3.89. The van der Waals surface area contributed by atoms with E-state index in [1.54, 1.807) is 6.20 Å². The molecule has 2 aromatic carbocycles. The van der Waals surface area contributed by atoms with Crippen molar-refractivity contribution in [1.82, 2.24) is 14.9 Å². The molecule has 2 atom stereocenters. The molecule has 0 bridgehead atoms. The van der Waals surface area contributed by atoms with Gasteiger partial charge in [-0.25, -0.2) is 18.2 Å². The van der Waals surface area contributed by atoms with Gasteiger partial charge in [-0.1, -0.05) is 51.1 Å². The van der Waals surface area contributed by atoms with Crippen molar-refractivity contribution < 1.29 is 18.0 Å².